The zero-order valence-electron chi connectivity index (χ0n) is 22.4. The summed E-state index contributed by atoms with van der Waals surface area (Å²) in [6.45, 7) is 8.59. The molecule has 0 saturated heterocycles. The molecular formula is C30H44N2O4. The van der Waals surface area contributed by atoms with Crippen LogP contribution in [-0.4, -0.2) is 22.0 Å². The van der Waals surface area contributed by atoms with Crippen LogP contribution >= 0.6 is 0 Å². The molecule has 2 amide bonds. The number of unbranched alkanes of at least 4 members (excludes halogenated alkanes) is 6. The van der Waals surface area contributed by atoms with Crippen LogP contribution < -0.4 is 10.9 Å². The molecule has 2 aromatic rings. The van der Waals surface area contributed by atoms with Crippen molar-refractivity contribution in [1.29, 1.82) is 0 Å². The minimum atomic E-state index is -0.610. The molecule has 0 aliphatic rings. The third kappa shape index (κ3) is 8.89. The van der Waals surface area contributed by atoms with Crippen molar-refractivity contribution < 1.29 is 19.8 Å². The maximum atomic E-state index is 12.8. The molecule has 0 heterocycles. The van der Waals surface area contributed by atoms with E-state index in [0.717, 1.165) is 36.8 Å². The smallest absolute Gasteiger partial charge is 0.273 e. The number of aromatic hydroxyl groups is 2. The van der Waals surface area contributed by atoms with Gasteiger partial charge in [-0.3, -0.25) is 20.4 Å². The van der Waals surface area contributed by atoms with E-state index in [1.165, 1.54) is 50.7 Å². The molecule has 0 spiro atoms. The van der Waals surface area contributed by atoms with E-state index in [4.69, 9.17) is 0 Å². The highest BCUT2D eigenvalue weighted by Gasteiger charge is 2.18. The Morgan fingerprint density at radius 3 is 1.42 bits per heavy atom. The van der Waals surface area contributed by atoms with Crippen molar-refractivity contribution in [3.05, 3.63) is 58.7 Å². The maximum absolute atomic E-state index is 12.8. The second kappa shape index (κ2) is 15.2. The fourth-order valence-corrected chi connectivity index (χ4v) is 4.42. The number of benzene rings is 2. The zero-order valence-corrected chi connectivity index (χ0v) is 22.4. The molecule has 0 aromatic heterocycles. The summed E-state index contributed by atoms with van der Waals surface area (Å²) in [5, 5.41) is 20.5. The van der Waals surface area contributed by atoms with Gasteiger partial charge in [-0.2, -0.15) is 0 Å². The summed E-state index contributed by atoms with van der Waals surface area (Å²) in [4.78, 5) is 25.5. The van der Waals surface area contributed by atoms with Gasteiger partial charge in [0.05, 0.1) is 11.1 Å². The van der Waals surface area contributed by atoms with E-state index in [1.54, 1.807) is 12.1 Å². The average Bonchev–Trinajstić information content (AvgIpc) is 2.87. The molecule has 198 valence electrons. The SMILES string of the molecule is CCCCCCC(C)c1ccc(O)c(C(=O)NNC(=O)c2cc(C(C)CCCCCC)ccc2O)c1. The van der Waals surface area contributed by atoms with E-state index in [-0.39, 0.29) is 34.5 Å². The molecule has 0 saturated carbocycles. The number of carbonyl (C=O) groups excluding carboxylic acids is 2. The van der Waals surface area contributed by atoms with Crippen molar-refractivity contribution in [3.8, 4) is 11.5 Å². The van der Waals surface area contributed by atoms with Crippen molar-refractivity contribution in [2.75, 3.05) is 0 Å². The van der Waals surface area contributed by atoms with E-state index in [2.05, 4.69) is 38.5 Å². The van der Waals surface area contributed by atoms with Crippen molar-refractivity contribution in [3.63, 3.8) is 0 Å². The first-order chi connectivity index (χ1) is 17.3. The largest absolute Gasteiger partial charge is 0.507 e. The number of hydrogen-bond donors (Lipinski definition) is 4. The first-order valence-corrected chi connectivity index (χ1v) is 13.5. The van der Waals surface area contributed by atoms with Gasteiger partial charge in [0.15, 0.2) is 0 Å². The summed E-state index contributed by atoms with van der Waals surface area (Å²) >= 11 is 0. The second-order valence-electron chi connectivity index (χ2n) is 9.96. The summed E-state index contributed by atoms with van der Waals surface area (Å²) < 4.78 is 0. The Bertz CT molecular complexity index is 909. The molecule has 2 aromatic carbocycles. The molecule has 0 bridgehead atoms. The highest BCUT2D eigenvalue weighted by molar-refractivity contribution is 6.01. The van der Waals surface area contributed by atoms with Gasteiger partial charge in [-0.25, -0.2) is 0 Å². The van der Waals surface area contributed by atoms with Crippen LogP contribution in [0.3, 0.4) is 0 Å². The van der Waals surface area contributed by atoms with Gasteiger partial charge < -0.3 is 10.2 Å². The monoisotopic (exact) mass is 496 g/mol. The van der Waals surface area contributed by atoms with E-state index in [9.17, 15) is 19.8 Å². The minimum Gasteiger partial charge on any atom is -0.507 e. The normalized spacial score (nSPS) is 12.7. The summed E-state index contributed by atoms with van der Waals surface area (Å²) in [7, 11) is 0. The van der Waals surface area contributed by atoms with Crippen molar-refractivity contribution in [2.24, 2.45) is 0 Å². The molecule has 2 rings (SSSR count). The van der Waals surface area contributed by atoms with Crippen molar-refractivity contribution in [2.45, 2.75) is 104 Å². The number of hydrazine groups is 1. The van der Waals surface area contributed by atoms with Gasteiger partial charge in [-0.15, -0.1) is 0 Å². The van der Waals surface area contributed by atoms with Gasteiger partial charge in [0, 0.05) is 0 Å². The summed E-state index contributed by atoms with van der Waals surface area (Å²) in [6, 6.07) is 10.1. The Balaban J connectivity index is 2.01. The average molecular weight is 497 g/mol. The summed E-state index contributed by atoms with van der Waals surface area (Å²) in [5.74, 6) is -1.00. The molecule has 0 radical (unpaired) electrons. The minimum absolute atomic E-state index is 0.104. The van der Waals surface area contributed by atoms with Crippen LogP contribution in [0.15, 0.2) is 36.4 Å². The topological polar surface area (TPSA) is 98.7 Å². The van der Waals surface area contributed by atoms with Crippen LogP contribution in [0.5, 0.6) is 11.5 Å². The molecule has 0 fully saturated rings. The summed E-state index contributed by atoms with van der Waals surface area (Å²) in [6.07, 6.45) is 11.4. The Morgan fingerprint density at radius 2 is 1.06 bits per heavy atom. The Morgan fingerprint density at radius 1 is 0.667 bits per heavy atom. The first kappa shape index (κ1) is 29.2. The number of rotatable bonds is 14. The predicted molar refractivity (Wildman–Crippen MR) is 145 cm³/mol. The predicted octanol–water partition coefficient (Wildman–Crippen LogP) is 7.32. The number of phenolic OH excluding ortho intramolecular Hbond substituents is 2. The van der Waals surface area contributed by atoms with Crippen LogP contribution in [-0.2, 0) is 0 Å². The fraction of sp³-hybridized carbons (Fsp3) is 0.533. The lowest BCUT2D eigenvalue weighted by molar-refractivity contribution is 0.0843. The van der Waals surface area contributed by atoms with E-state index >= 15 is 0 Å². The number of amides is 2. The lowest BCUT2D eigenvalue weighted by Gasteiger charge is -2.16. The van der Waals surface area contributed by atoms with Gasteiger partial charge in [-0.1, -0.05) is 91.2 Å². The van der Waals surface area contributed by atoms with Crippen LogP contribution in [0.1, 0.15) is 136 Å². The second-order valence-corrected chi connectivity index (χ2v) is 9.96. The standard InChI is InChI=1S/C30H44N2O4/c1-5-7-9-11-13-21(3)23-15-17-27(33)25(19-23)29(35)31-32-30(36)26-20-24(16-18-28(26)34)22(4)14-12-10-8-6-2/h15-22,33-34H,5-14H2,1-4H3,(H,31,35)(H,32,36). The zero-order chi connectivity index (χ0) is 26.5. The van der Waals surface area contributed by atoms with Crippen molar-refractivity contribution >= 4 is 11.8 Å². The number of phenols is 2. The van der Waals surface area contributed by atoms with Crippen LogP contribution in [0.2, 0.25) is 0 Å². The van der Waals surface area contributed by atoms with E-state index < -0.39 is 11.8 Å². The Hall–Kier alpha value is -3.02. The lowest BCUT2D eigenvalue weighted by Crippen LogP contribution is -2.41. The Kier molecular flexibility index (Phi) is 12.3. The first-order valence-electron chi connectivity index (χ1n) is 13.5. The molecule has 0 aliphatic carbocycles. The molecule has 6 heteroatoms. The third-order valence-corrected chi connectivity index (χ3v) is 6.94. The maximum Gasteiger partial charge on any atom is 0.273 e. The highest BCUT2D eigenvalue weighted by Crippen LogP contribution is 2.28. The van der Waals surface area contributed by atoms with Crippen molar-refractivity contribution in [1.82, 2.24) is 10.9 Å². The number of carbonyl (C=O) groups is 2. The highest BCUT2D eigenvalue weighted by atomic mass is 16.3. The van der Waals surface area contributed by atoms with Crippen LogP contribution in [0.4, 0.5) is 0 Å². The fourth-order valence-electron chi connectivity index (χ4n) is 4.42. The summed E-state index contributed by atoms with van der Waals surface area (Å²) in [5.41, 5.74) is 6.91. The van der Waals surface area contributed by atoms with Gasteiger partial charge in [0.1, 0.15) is 11.5 Å². The van der Waals surface area contributed by atoms with Gasteiger partial charge in [0.2, 0.25) is 0 Å². The van der Waals surface area contributed by atoms with Crippen LogP contribution in [0.25, 0.3) is 0 Å². The lowest BCUT2D eigenvalue weighted by atomic mass is 9.93. The molecular weight excluding hydrogens is 452 g/mol. The quantitative estimate of drug-likeness (QED) is 0.163. The molecule has 6 nitrogen and oxygen atoms in total. The Labute approximate surface area is 216 Å². The van der Waals surface area contributed by atoms with E-state index in [0.29, 0.717) is 0 Å². The molecule has 2 unspecified atom stereocenters. The molecule has 0 aliphatic heterocycles. The number of hydrogen-bond acceptors (Lipinski definition) is 4. The van der Waals surface area contributed by atoms with Gasteiger partial charge in [0.25, 0.3) is 11.8 Å². The van der Waals surface area contributed by atoms with Crippen LogP contribution in [0, 0.1) is 0 Å². The molecule has 2 atom stereocenters. The third-order valence-electron chi connectivity index (χ3n) is 6.94. The van der Waals surface area contributed by atoms with E-state index in [1.807, 2.05) is 12.1 Å². The molecule has 36 heavy (non-hydrogen) atoms. The number of nitrogens with one attached hydrogen (secondary N) is 2. The van der Waals surface area contributed by atoms with Gasteiger partial charge >= 0.3 is 0 Å². The molecule has 4 N–H and O–H groups in total. The van der Waals surface area contributed by atoms with Gasteiger partial charge in [-0.05, 0) is 60.1 Å².